The van der Waals surface area contributed by atoms with Crippen LogP contribution in [0.5, 0.6) is 0 Å². The number of nitrogens with one attached hydrogen (secondary N) is 1. The number of carbonyl (C=O) groups is 2. The van der Waals surface area contributed by atoms with E-state index in [0.717, 1.165) is 12.8 Å². The third-order valence-electron chi connectivity index (χ3n) is 2.91. The minimum atomic E-state index is -0.167. The topological polar surface area (TPSA) is 98.2 Å². The van der Waals surface area contributed by atoms with Crippen LogP contribution in [-0.2, 0) is 16.0 Å². The lowest BCUT2D eigenvalue weighted by molar-refractivity contribution is -0.109. The van der Waals surface area contributed by atoms with Crippen molar-refractivity contribution in [1.29, 1.82) is 0 Å². The Bertz CT molecular complexity index is 611. The average molecular weight is 372 g/mol. The number of allylic oxidation sites excluding steroid dienone is 2. The Balaban J connectivity index is 0. The molecular formula is C22H33N3O2. The first-order chi connectivity index (χ1) is 13.0. The van der Waals surface area contributed by atoms with E-state index in [4.69, 9.17) is 21.1 Å². The lowest BCUT2D eigenvalue weighted by Crippen LogP contribution is -2.25. The van der Waals surface area contributed by atoms with Gasteiger partial charge in [-0.15, -0.1) is 0 Å². The maximum atomic E-state index is 9.06. The van der Waals surface area contributed by atoms with Gasteiger partial charge in [0.05, 0.1) is 0 Å². The zero-order valence-electron chi connectivity index (χ0n) is 16.6. The minimum Gasteiger partial charge on any atom is -0.362 e. The van der Waals surface area contributed by atoms with Crippen molar-refractivity contribution in [3.63, 3.8) is 0 Å². The van der Waals surface area contributed by atoms with Crippen molar-refractivity contribution < 1.29 is 9.59 Å². The molecule has 5 N–H and O–H groups in total. The van der Waals surface area contributed by atoms with E-state index in [2.05, 4.69) is 79.0 Å². The van der Waals surface area contributed by atoms with Crippen molar-refractivity contribution in [3.05, 3.63) is 72.3 Å². The molecule has 2 aromatic rings. The van der Waals surface area contributed by atoms with Gasteiger partial charge in [-0.05, 0) is 36.5 Å². The predicted molar refractivity (Wildman–Crippen MR) is 115 cm³/mol. The van der Waals surface area contributed by atoms with Gasteiger partial charge < -0.3 is 21.6 Å². The van der Waals surface area contributed by atoms with Crippen LogP contribution < -0.4 is 16.8 Å². The van der Waals surface area contributed by atoms with Crippen molar-refractivity contribution >= 4 is 13.2 Å². The van der Waals surface area contributed by atoms with Gasteiger partial charge in [-0.3, -0.25) is 4.79 Å². The summed E-state index contributed by atoms with van der Waals surface area (Å²) in [6.07, 6.45) is 7.05. The summed E-state index contributed by atoms with van der Waals surface area (Å²) in [7, 11) is 1.56. The van der Waals surface area contributed by atoms with Crippen LogP contribution in [0.25, 0.3) is 11.1 Å². The molecule has 27 heavy (non-hydrogen) atoms. The molecule has 2 aromatic carbocycles. The third-order valence-corrected chi connectivity index (χ3v) is 2.91. The summed E-state index contributed by atoms with van der Waals surface area (Å²) in [6.45, 7) is 5.89. The van der Waals surface area contributed by atoms with Crippen LogP contribution in [0.1, 0.15) is 25.8 Å². The van der Waals surface area contributed by atoms with Gasteiger partial charge in [0.25, 0.3) is 0 Å². The quantitative estimate of drug-likeness (QED) is 0.427. The molecule has 0 fully saturated rings. The predicted octanol–water partition coefficient (Wildman–Crippen LogP) is 3.29. The number of hydrogen-bond acceptors (Lipinski definition) is 4. The highest BCUT2D eigenvalue weighted by Gasteiger charge is 1.97. The van der Waals surface area contributed by atoms with Crippen LogP contribution in [0.4, 0.5) is 0 Å². The summed E-state index contributed by atoms with van der Waals surface area (Å²) in [5.74, 6) is 0. The summed E-state index contributed by atoms with van der Waals surface area (Å²) >= 11 is 0. The average Bonchev–Trinajstić information content (AvgIpc) is 2.70. The molecule has 0 bridgehead atoms. The molecule has 0 heterocycles. The molecule has 0 atom stereocenters. The lowest BCUT2D eigenvalue weighted by atomic mass is 10.0. The van der Waals surface area contributed by atoms with Crippen LogP contribution in [0.15, 0.2) is 66.7 Å². The summed E-state index contributed by atoms with van der Waals surface area (Å²) in [5, 5.41) is 2.25. The van der Waals surface area contributed by atoms with Gasteiger partial charge >= 0.3 is 0 Å². The molecule has 0 spiro atoms. The van der Waals surface area contributed by atoms with E-state index in [0.29, 0.717) is 6.41 Å². The fourth-order valence-corrected chi connectivity index (χ4v) is 1.89. The molecule has 2 rings (SSSR count). The zero-order chi connectivity index (χ0) is 20.9. The third kappa shape index (κ3) is 16.5. The molecular weight excluding hydrogens is 338 g/mol. The number of rotatable bonds is 5. The van der Waals surface area contributed by atoms with Gasteiger partial charge in [0, 0.05) is 13.2 Å². The SMILES string of the molecule is C=O.CC(N)N.CC/C=C\Cc1cccc(-c2ccccc2)c1.CNC=O. The summed E-state index contributed by atoms with van der Waals surface area (Å²) in [5.41, 5.74) is 13.7. The molecule has 0 aliphatic heterocycles. The molecule has 0 saturated heterocycles. The van der Waals surface area contributed by atoms with E-state index < -0.39 is 0 Å². The van der Waals surface area contributed by atoms with Gasteiger partial charge in [-0.25, -0.2) is 0 Å². The summed E-state index contributed by atoms with van der Waals surface area (Å²) < 4.78 is 0. The molecule has 0 aliphatic rings. The monoisotopic (exact) mass is 371 g/mol. The molecule has 0 aliphatic carbocycles. The Morgan fingerprint density at radius 1 is 1.00 bits per heavy atom. The van der Waals surface area contributed by atoms with Gasteiger partial charge in [0.15, 0.2) is 0 Å². The van der Waals surface area contributed by atoms with Crippen LogP contribution in [0.2, 0.25) is 0 Å². The summed E-state index contributed by atoms with van der Waals surface area (Å²) in [6, 6.07) is 19.3. The van der Waals surface area contributed by atoms with Crippen molar-refractivity contribution in [2.75, 3.05) is 7.05 Å². The number of nitrogens with two attached hydrogens (primary N) is 2. The van der Waals surface area contributed by atoms with E-state index in [1.54, 1.807) is 14.0 Å². The van der Waals surface area contributed by atoms with E-state index in [1.807, 2.05) is 6.79 Å². The van der Waals surface area contributed by atoms with Crippen LogP contribution in [0, 0.1) is 0 Å². The Labute approximate surface area is 163 Å². The first-order valence-electron chi connectivity index (χ1n) is 8.75. The van der Waals surface area contributed by atoms with E-state index >= 15 is 0 Å². The van der Waals surface area contributed by atoms with E-state index in [1.165, 1.54) is 16.7 Å². The maximum Gasteiger partial charge on any atom is 0.206 e. The van der Waals surface area contributed by atoms with Gasteiger partial charge in [0.2, 0.25) is 6.41 Å². The Morgan fingerprint density at radius 3 is 2.00 bits per heavy atom. The normalized spacial score (nSPS) is 9.11. The first kappa shape index (κ1) is 26.5. The van der Waals surface area contributed by atoms with Crippen molar-refractivity contribution in [3.8, 4) is 11.1 Å². The second-order valence-electron chi connectivity index (χ2n) is 5.42. The van der Waals surface area contributed by atoms with Crippen LogP contribution in [0.3, 0.4) is 0 Å². The second kappa shape index (κ2) is 19.6. The van der Waals surface area contributed by atoms with Crippen LogP contribution >= 0.6 is 0 Å². The number of carbonyl (C=O) groups excluding carboxylic acids is 2. The highest BCUT2D eigenvalue weighted by atomic mass is 16.1. The first-order valence-corrected chi connectivity index (χ1v) is 8.75. The minimum absolute atomic E-state index is 0.167. The number of hydrogen-bond donors (Lipinski definition) is 3. The summed E-state index contributed by atoms with van der Waals surface area (Å²) in [4.78, 5) is 17.1. The molecule has 0 saturated carbocycles. The van der Waals surface area contributed by atoms with E-state index in [9.17, 15) is 0 Å². The number of amides is 1. The number of benzene rings is 2. The second-order valence-corrected chi connectivity index (χ2v) is 5.42. The van der Waals surface area contributed by atoms with E-state index in [-0.39, 0.29) is 6.17 Å². The lowest BCUT2D eigenvalue weighted by Gasteiger charge is -2.03. The Hall–Kier alpha value is -2.76. The molecule has 148 valence electrons. The molecule has 0 aromatic heterocycles. The van der Waals surface area contributed by atoms with Crippen LogP contribution in [-0.4, -0.2) is 26.4 Å². The molecule has 1 amide bonds. The molecule has 5 nitrogen and oxygen atoms in total. The molecule has 5 heteroatoms. The maximum absolute atomic E-state index is 9.06. The fourth-order valence-electron chi connectivity index (χ4n) is 1.89. The Kier molecular flexibility index (Phi) is 19.2. The molecule has 0 unspecified atom stereocenters. The fraction of sp³-hybridized carbons (Fsp3) is 0.273. The van der Waals surface area contributed by atoms with Crippen molar-refractivity contribution in [1.82, 2.24) is 5.32 Å². The highest BCUT2D eigenvalue weighted by Crippen LogP contribution is 2.20. The smallest absolute Gasteiger partial charge is 0.206 e. The molecule has 0 radical (unpaired) electrons. The van der Waals surface area contributed by atoms with Crippen molar-refractivity contribution in [2.45, 2.75) is 32.9 Å². The zero-order valence-corrected chi connectivity index (χ0v) is 16.6. The highest BCUT2D eigenvalue weighted by molar-refractivity contribution is 5.64. The standard InChI is InChI=1S/C17H18.C2H8N2.C2H5NO.CH2O/c1-2-3-5-9-15-10-8-13-17(14-15)16-11-6-4-7-12-16;1-2(3)4;1-3-2-4;1-2/h3-8,10-14H,2,9H2,1H3;2H,3-4H2,1H3;2H,1H3,(H,3,4);1H2/b5-3-;;;. The van der Waals surface area contributed by atoms with Crippen molar-refractivity contribution in [2.24, 2.45) is 11.5 Å². The van der Waals surface area contributed by atoms with Gasteiger partial charge in [0.1, 0.15) is 6.79 Å². The van der Waals surface area contributed by atoms with Gasteiger partial charge in [-0.2, -0.15) is 0 Å². The van der Waals surface area contributed by atoms with Gasteiger partial charge in [-0.1, -0.05) is 73.7 Å². The largest absolute Gasteiger partial charge is 0.362 e. The Morgan fingerprint density at radius 2 is 1.52 bits per heavy atom.